The normalized spacial score (nSPS) is 10.2. The molecular formula is C20H21N5O3. The molecule has 28 heavy (non-hydrogen) atoms. The van der Waals surface area contributed by atoms with Crippen molar-refractivity contribution in [3.05, 3.63) is 60.0 Å². The number of carbonyl (C=O) groups is 1. The monoisotopic (exact) mass is 379 g/mol. The van der Waals surface area contributed by atoms with E-state index in [1.54, 1.807) is 43.7 Å². The fraction of sp³-hybridized carbons (Fsp3) is 0.200. The van der Waals surface area contributed by atoms with Gasteiger partial charge in [0, 0.05) is 31.1 Å². The van der Waals surface area contributed by atoms with Gasteiger partial charge in [-0.1, -0.05) is 6.07 Å². The van der Waals surface area contributed by atoms with Crippen molar-refractivity contribution in [3.8, 4) is 22.9 Å². The zero-order valence-corrected chi connectivity index (χ0v) is 15.9. The molecule has 2 heterocycles. The summed E-state index contributed by atoms with van der Waals surface area (Å²) in [6, 6.07) is 10.6. The lowest BCUT2D eigenvalue weighted by molar-refractivity contribution is 0.0946. The molecule has 8 heteroatoms. The van der Waals surface area contributed by atoms with E-state index in [0.717, 1.165) is 5.56 Å². The van der Waals surface area contributed by atoms with E-state index >= 15 is 0 Å². The number of para-hydroxylation sites is 1. The minimum Gasteiger partial charge on any atom is -0.493 e. The average Bonchev–Trinajstić information content (AvgIpc) is 2.77. The third-order valence-corrected chi connectivity index (χ3v) is 4.03. The maximum atomic E-state index is 12.7. The maximum absolute atomic E-state index is 12.7. The highest BCUT2D eigenvalue weighted by Gasteiger charge is 2.16. The summed E-state index contributed by atoms with van der Waals surface area (Å²) in [7, 11) is 4.80. The highest BCUT2D eigenvalue weighted by Crippen LogP contribution is 2.30. The van der Waals surface area contributed by atoms with Gasteiger partial charge < -0.3 is 20.1 Å². The minimum absolute atomic E-state index is 0.226. The van der Waals surface area contributed by atoms with Gasteiger partial charge in [-0.15, -0.1) is 0 Å². The molecule has 0 bridgehead atoms. The second-order valence-corrected chi connectivity index (χ2v) is 5.78. The first-order chi connectivity index (χ1) is 13.7. The molecule has 0 atom stereocenters. The summed E-state index contributed by atoms with van der Waals surface area (Å²) in [5.41, 5.74) is 1.84. The first kappa shape index (κ1) is 19.1. The van der Waals surface area contributed by atoms with Gasteiger partial charge in [-0.25, -0.2) is 9.97 Å². The van der Waals surface area contributed by atoms with Crippen LogP contribution in [0.25, 0.3) is 11.4 Å². The van der Waals surface area contributed by atoms with Crippen LogP contribution in [0, 0.1) is 0 Å². The number of pyridine rings is 1. The summed E-state index contributed by atoms with van der Waals surface area (Å²) >= 11 is 0. The number of nitrogens with zero attached hydrogens (tertiary/aromatic N) is 3. The number of amides is 1. The van der Waals surface area contributed by atoms with Gasteiger partial charge in [0.05, 0.1) is 32.0 Å². The highest BCUT2D eigenvalue weighted by molar-refractivity contribution is 5.97. The van der Waals surface area contributed by atoms with Crippen molar-refractivity contribution in [1.29, 1.82) is 0 Å². The molecule has 3 aromatic rings. The fourth-order valence-electron chi connectivity index (χ4n) is 2.67. The van der Waals surface area contributed by atoms with Gasteiger partial charge in [0.25, 0.3) is 5.91 Å². The number of hydrogen-bond donors (Lipinski definition) is 2. The number of rotatable bonds is 7. The quantitative estimate of drug-likeness (QED) is 0.651. The first-order valence-electron chi connectivity index (χ1n) is 8.61. The van der Waals surface area contributed by atoms with Crippen LogP contribution in [0.4, 0.5) is 5.82 Å². The summed E-state index contributed by atoms with van der Waals surface area (Å²) < 4.78 is 10.6. The SMILES string of the molecule is CNc1cc(CNC(=O)c2cccc(OC)c2OC)nc(-c2cccnc2)n1. The number of carbonyl (C=O) groups excluding carboxylic acids is 1. The topological polar surface area (TPSA) is 98.3 Å². The molecule has 0 radical (unpaired) electrons. The molecule has 0 aliphatic rings. The molecule has 0 saturated heterocycles. The van der Waals surface area contributed by atoms with E-state index in [1.165, 1.54) is 14.2 Å². The van der Waals surface area contributed by atoms with Crippen LogP contribution in [0.3, 0.4) is 0 Å². The van der Waals surface area contributed by atoms with Crippen LogP contribution in [0.2, 0.25) is 0 Å². The Hall–Kier alpha value is -3.68. The number of benzene rings is 1. The molecule has 0 aliphatic heterocycles. The Bertz CT molecular complexity index is 963. The highest BCUT2D eigenvalue weighted by atomic mass is 16.5. The third kappa shape index (κ3) is 4.17. The molecule has 2 N–H and O–H groups in total. The maximum Gasteiger partial charge on any atom is 0.255 e. The zero-order valence-electron chi connectivity index (χ0n) is 15.9. The van der Waals surface area contributed by atoms with E-state index in [1.807, 2.05) is 12.1 Å². The molecule has 1 aromatic carbocycles. The molecule has 2 aromatic heterocycles. The Morgan fingerprint density at radius 1 is 1.11 bits per heavy atom. The minimum atomic E-state index is -0.289. The molecule has 8 nitrogen and oxygen atoms in total. The Kier molecular flexibility index (Phi) is 6.01. The summed E-state index contributed by atoms with van der Waals surface area (Å²) in [5.74, 6) is 1.77. The Morgan fingerprint density at radius 3 is 2.64 bits per heavy atom. The molecule has 144 valence electrons. The molecule has 0 fully saturated rings. The fourth-order valence-corrected chi connectivity index (χ4v) is 2.67. The van der Waals surface area contributed by atoms with Crippen LogP contribution in [-0.4, -0.2) is 42.1 Å². The van der Waals surface area contributed by atoms with Gasteiger partial charge in [-0.05, 0) is 24.3 Å². The summed E-state index contributed by atoms with van der Waals surface area (Å²) in [6.07, 6.45) is 3.38. The van der Waals surface area contributed by atoms with Crippen molar-refractivity contribution in [3.63, 3.8) is 0 Å². The second kappa shape index (κ2) is 8.81. The molecule has 0 unspecified atom stereocenters. The van der Waals surface area contributed by atoms with Crippen molar-refractivity contribution in [2.24, 2.45) is 0 Å². The zero-order chi connectivity index (χ0) is 19.9. The van der Waals surface area contributed by atoms with Crippen LogP contribution < -0.4 is 20.1 Å². The number of methoxy groups -OCH3 is 2. The lowest BCUT2D eigenvalue weighted by Gasteiger charge is -2.13. The van der Waals surface area contributed by atoms with Gasteiger partial charge in [-0.3, -0.25) is 9.78 Å². The summed E-state index contributed by atoms with van der Waals surface area (Å²) in [6.45, 7) is 0.226. The van der Waals surface area contributed by atoms with Gasteiger partial charge in [-0.2, -0.15) is 0 Å². The van der Waals surface area contributed by atoms with E-state index in [9.17, 15) is 4.79 Å². The van der Waals surface area contributed by atoms with Gasteiger partial charge >= 0.3 is 0 Å². The van der Waals surface area contributed by atoms with E-state index in [-0.39, 0.29) is 12.5 Å². The molecule has 3 rings (SSSR count). The number of hydrogen-bond acceptors (Lipinski definition) is 7. The molecule has 0 aliphatic carbocycles. The van der Waals surface area contributed by atoms with E-state index in [2.05, 4.69) is 25.6 Å². The molecule has 1 amide bonds. The van der Waals surface area contributed by atoms with Crippen LogP contribution in [0.5, 0.6) is 11.5 Å². The van der Waals surface area contributed by atoms with E-state index in [4.69, 9.17) is 9.47 Å². The van der Waals surface area contributed by atoms with Crippen molar-refractivity contribution >= 4 is 11.7 Å². The van der Waals surface area contributed by atoms with E-state index < -0.39 is 0 Å². The largest absolute Gasteiger partial charge is 0.493 e. The number of ether oxygens (including phenoxy) is 2. The van der Waals surface area contributed by atoms with Crippen molar-refractivity contribution in [1.82, 2.24) is 20.3 Å². The lowest BCUT2D eigenvalue weighted by atomic mass is 10.1. The van der Waals surface area contributed by atoms with E-state index in [0.29, 0.717) is 34.4 Å². The van der Waals surface area contributed by atoms with Gasteiger partial charge in [0.2, 0.25) is 0 Å². The van der Waals surface area contributed by atoms with Crippen molar-refractivity contribution in [2.45, 2.75) is 6.54 Å². The van der Waals surface area contributed by atoms with Crippen LogP contribution in [0.15, 0.2) is 48.8 Å². The number of nitrogens with one attached hydrogen (secondary N) is 2. The smallest absolute Gasteiger partial charge is 0.255 e. The molecular weight excluding hydrogens is 358 g/mol. The Labute approximate surface area is 163 Å². The third-order valence-electron chi connectivity index (χ3n) is 4.03. The number of anilines is 1. The van der Waals surface area contributed by atoms with Crippen LogP contribution >= 0.6 is 0 Å². The Morgan fingerprint density at radius 2 is 1.96 bits per heavy atom. The van der Waals surface area contributed by atoms with Crippen LogP contribution in [0.1, 0.15) is 16.1 Å². The lowest BCUT2D eigenvalue weighted by Crippen LogP contribution is -2.24. The van der Waals surface area contributed by atoms with Crippen molar-refractivity contribution < 1.29 is 14.3 Å². The van der Waals surface area contributed by atoms with Crippen LogP contribution in [-0.2, 0) is 6.54 Å². The van der Waals surface area contributed by atoms with Gasteiger partial charge in [0.1, 0.15) is 5.82 Å². The standard InChI is InChI=1S/C20H21N5O3/c1-21-17-10-14(24-19(25-17)13-6-5-9-22-11-13)12-23-20(26)15-7-4-8-16(27-2)18(15)28-3/h4-11H,12H2,1-3H3,(H,23,26)(H,21,24,25). The van der Waals surface area contributed by atoms with Gasteiger partial charge in [0.15, 0.2) is 17.3 Å². The molecule has 0 spiro atoms. The number of aromatic nitrogens is 3. The predicted molar refractivity (Wildman–Crippen MR) is 106 cm³/mol. The summed E-state index contributed by atoms with van der Waals surface area (Å²) in [4.78, 5) is 25.7. The van der Waals surface area contributed by atoms with Crippen molar-refractivity contribution in [2.75, 3.05) is 26.6 Å². The predicted octanol–water partition coefficient (Wildman–Crippen LogP) is 2.53. The average molecular weight is 379 g/mol. The molecule has 0 saturated carbocycles. The first-order valence-corrected chi connectivity index (χ1v) is 8.61. The Balaban J connectivity index is 1.82. The summed E-state index contributed by atoms with van der Waals surface area (Å²) in [5, 5.41) is 5.87. The second-order valence-electron chi connectivity index (χ2n) is 5.78.